The van der Waals surface area contributed by atoms with Crippen molar-refractivity contribution in [1.29, 1.82) is 0 Å². The third-order valence-corrected chi connectivity index (χ3v) is 2.98. The van der Waals surface area contributed by atoms with Crippen molar-refractivity contribution in [2.75, 3.05) is 6.54 Å². The van der Waals surface area contributed by atoms with Crippen LogP contribution in [-0.2, 0) is 13.0 Å². The molecule has 0 aliphatic heterocycles. The number of nitrogens with one attached hydrogen (secondary N) is 1. The molecule has 1 N–H and O–H groups in total. The molecule has 2 rings (SSSR count). The van der Waals surface area contributed by atoms with Crippen LogP contribution in [0.5, 0.6) is 5.75 Å². The van der Waals surface area contributed by atoms with Gasteiger partial charge in [0.25, 0.3) is 0 Å². The van der Waals surface area contributed by atoms with Crippen LogP contribution in [0.25, 0.3) is 0 Å². The Morgan fingerprint density at radius 3 is 2.14 bits per heavy atom. The lowest BCUT2D eigenvalue weighted by Crippen LogP contribution is -2.16. The van der Waals surface area contributed by atoms with Crippen LogP contribution in [0.3, 0.4) is 0 Å². The Hall–Kier alpha value is -2.01. The molecule has 0 radical (unpaired) electrons. The molecule has 0 bridgehead atoms. The summed E-state index contributed by atoms with van der Waals surface area (Å²) in [5, 5.41) is 3.24. The molecule has 0 atom stereocenters. The monoisotopic (exact) mass is 295 g/mol. The molecule has 0 unspecified atom stereocenters. The van der Waals surface area contributed by atoms with Gasteiger partial charge in [0.1, 0.15) is 11.6 Å². The van der Waals surface area contributed by atoms with Gasteiger partial charge in [-0.05, 0) is 48.4 Å². The minimum absolute atomic E-state index is 0.153. The van der Waals surface area contributed by atoms with Crippen LogP contribution in [0.1, 0.15) is 11.1 Å². The van der Waals surface area contributed by atoms with Crippen LogP contribution < -0.4 is 10.1 Å². The maximum atomic E-state index is 12.7. The highest BCUT2D eigenvalue weighted by Gasteiger charge is 2.03. The number of halogens is 3. The fraction of sp³-hybridized carbons (Fsp3) is 0.250. The Balaban J connectivity index is 1.72. The Bertz CT molecular complexity index is 540. The van der Waals surface area contributed by atoms with Gasteiger partial charge < -0.3 is 10.1 Å². The first kappa shape index (κ1) is 15.4. The molecule has 0 amide bonds. The van der Waals surface area contributed by atoms with E-state index in [9.17, 15) is 13.2 Å². The number of alkyl halides is 2. The van der Waals surface area contributed by atoms with Crippen molar-refractivity contribution in [3.63, 3.8) is 0 Å². The van der Waals surface area contributed by atoms with E-state index in [2.05, 4.69) is 10.1 Å². The third-order valence-electron chi connectivity index (χ3n) is 2.98. The second kappa shape index (κ2) is 7.69. The molecule has 0 heterocycles. The Morgan fingerprint density at radius 1 is 0.905 bits per heavy atom. The highest BCUT2D eigenvalue weighted by Crippen LogP contribution is 2.14. The number of hydrogen-bond donors (Lipinski definition) is 1. The molecule has 2 aromatic rings. The van der Waals surface area contributed by atoms with Gasteiger partial charge in [0.2, 0.25) is 0 Å². The summed E-state index contributed by atoms with van der Waals surface area (Å²) in [7, 11) is 0. The zero-order valence-electron chi connectivity index (χ0n) is 11.4. The van der Waals surface area contributed by atoms with Crippen molar-refractivity contribution >= 4 is 0 Å². The molecule has 0 aliphatic rings. The van der Waals surface area contributed by atoms with E-state index >= 15 is 0 Å². The van der Waals surface area contributed by atoms with Crippen LogP contribution in [0, 0.1) is 5.82 Å². The molecular weight excluding hydrogens is 279 g/mol. The molecule has 5 heteroatoms. The summed E-state index contributed by atoms with van der Waals surface area (Å²) in [6.07, 6.45) is 0.798. The maximum absolute atomic E-state index is 12.7. The van der Waals surface area contributed by atoms with E-state index in [4.69, 9.17) is 0 Å². The minimum atomic E-state index is -2.80. The van der Waals surface area contributed by atoms with Crippen molar-refractivity contribution in [3.05, 3.63) is 65.5 Å². The second-order valence-corrected chi connectivity index (χ2v) is 4.58. The summed E-state index contributed by atoms with van der Waals surface area (Å²) in [5.74, 6) is -0.0853. The predicted octanol–water partition coefficient (Wildman–Crippen LogP) is 3.76. The van der Waals surface area contributed by atoms with Crippen LogP contribution in [0.4, 0.5) is 13.2 Å². The molecule has 0 fully saturated rings. The fourth-order valence-electron chi connectivity index (χ4n) is 1.91. The van der Waals surface area contributed by atoms with Crippen molar-refractivity contribution in [3.8, 4) is 5.75 Å². The summed E-state index contributed by atoms with van der Waals surface area (Å²) < 4.78 is 41.0. The topological polar surface area (TPSA) is 21.3 Å². The molecule has 112 valence electrons. The fourth-order valence-corrected chi connectivity index (χ4v) is 1.91. The Morgan fingerprint density at radius 2 is 1.52 bits per heavy atom. The van der Waals surface area contributed by atoms with E-state index in [1.165, 1.54) is 24.3 Å². The van der Waals surface area contributed by atoms with Gasteiger partial charge in [0.05, 0.1) is 0 Å². The smallest absolute Gasteiger partial charge is 0.387 e. The highest BCUT2D eigenvalue weighted by molar-refractivity contribution is 5.27. The third kappa shape index (κ3) is 5.47. The first-order valence-corrected chi connectivity index (χ1v) is 6.62. The zero-order valence-corrected chi connectivity index (χ0v) is 11.4. The quantitative estimate of drug-likeness (QED) is 0.785. The molecule has 0 aromatic heterocycles. The average Bonchev–Trinajstić information content (AvgIpc) is 2.46. The van der Waals surface area contributed by atoms with Crippen molar-refractivity contribution in [2.24, 2.45) is 0 Å². The lowest BCUT2D eigenvalue weighted by molar-refractivity contribution is -0.0498. The van der Waals surface area contributed by atoms with Crippen molar-refractivity contribution < 1.29 is 17.9 Å². The highest BCUT2D eigenvalue weighted by atomic mass is 19.3. The van der Waals surface area contributed by atoms with Gasteiger partial charge in [-0.3, -0.25) is 0 Å². The summed E-state index contributed by atoms with van der Waals surface area (Å²) in [6, 6.07) is 12.9. The number of rotatable bonds is 7. The van der Waals surface area contributed by atoms with Gasteiger partial charge in [-0.15, -0.1) is 0 Å². The second-order valence-electron chi connectivity index (χ2n) is 4.58. The maximum Gasteiger partial charge on any atom is 0.387 e. The molecular formula is C16H16F3NO. The van der Waals surface area contributed by atoms with Crippen LogP contribution in [-0.4, -0.2) is 13.2 Å². The van der Waals surface area contributed by atoms with Crippen LogP contribution in [0.15, 0.2) is 48.5 Å². The summed E-state index contributed by atoms with van der Waals surface area (Å²) >= 11 is 0. The van der Waals surface area contributed by atoms with Gasteiger partial charge in [0, 0.05) is 6.54 Å². The van der Waals surface area contributed by atoms with E-state index in [1.54, 1.807) is 24.3 Å². The van der Waals surface area contributed by atoms with Gasteiger partial charge in [-0.1, -0.05) is 24.3 Å². The average molecular weight is 295 g/mol. The molecule has 2 aromatic carbocycles. The number of ether oxygens (including phenoxy) is 1. The van der Waals surface area contributed by atoms with Crippen molar-refractivity contribution in [2.45, 2.75) is 19.6 Å². The lowest BCUT2D eigenvalue weighted by atomic mass is 10.1. The first-order valence-electron chi connectivity index (χ1n) is 6.62. The SMILES string of the molecule is Fc1ccc(CCNCc2ccc(OC(F)F)cc2)cc1. The summed E-state index contributed by atoms with van der Waals surface area (Å²) in [4.78, 5) is 0. The molecule has 21 heavy (non-hydrogen) atoms. The summed E-state index contributed by atoms with van der Waals surface area (Å²) in [6.45, 7) is -1.42. The molecule has 0 spiro atoms. The lowest BCUT2D eigenvalue weighted by Gasteiger charge is -2.07. The van der Waals surface area contributed by atoms with Gasteiger partial charge in [0.15, 0.2) is 0 Å². The van der Waals surface area contributed by atoms with Crippen LogP contribution in [0.2, 0.25) is 0 Å². The van der Waals surface area contributed by atoms with E-state index in [0.29, 0.717) is 6.54 Å². The van der Waals surface area contributed by atoms with Gasteiger partial charge >= 0.3 is 6.61 Å². The predicted molar refractivity (Wildman–Crippen MR) is 74.9 cm³/mol. The minimum Gasteiger partial charge on any atom is -0.435 e. The normalized spacial score (nSPS) is 10.9. The Kier molecular flexibility index (Phi) is 5.63. The largest absolute Gasteiger partial charge is 0.435 e. The molecule has 0 saturated heterocycles. The summed E-state index contributed by atoms with van der Waals surface area (Å²) in [5.41, 5.74) is 2.04. The molecule has 0 aliphatic carbocycles. The zero-order chi connectivity index (χ0) is 15.1. The van der Waals surface area contributed by atoms with E-state index < -0.39 is 6.61 Å². The van der Waals surface area contributed by atoms with Gasteiger partial charge in [-0.2, -0.15) is 8.78 Å². The first-order chi connectivity index (χ1) is 10.1. The van der Waals surface area contributed by atoms with Crippen molar-refractivity contribution in [1.82, 2.24) is 5.32 Å². The van der Waals surface area contributed by atoms with Crippen LogP contribution >= 0.6 is 0 Å². The van der Waals surface area contributed by atoms with Gasteiger partial charge in [-0.25, -0.2) is 4.39 Å². The van der Waals surface area contributed by atoms with E-state index in [0.717, 1.165) is 24.1 Å². The number of hydrogen-bond acceptors (Lipinski definition) is 2. The van der Waals surface area contributed by atoms with E-state index in [1.807, 2.05) is 0 Å². The molecule has 0 saturated carbocycles. The molecule has 2 nitrogen and oxygen atoms in total. The Labute approximate surface area is 121 Å². The number of benzene rings is 2. The standard InChI is InChI=1S/C16H16F3NO/c17-14-5-1-12(2-6-14)9-10-20-11-13-3-7-15(8-4-13)21-16(18)19/h1-8,16,20H,9-11H2. The van der Waals surface area contributed by atoms with E-state index in [-0.39, 0.29) is 11.6 Å².